The van der Waals surface area contributed by atoms with Gasteiger partial charge in [-0.3, -0.25) is 9.59 Å². The van der Waals surface area contributed by atoms with E-state index >= 15 is 0 Å². The van der Waals surface area contributed by atoms with Crippen LogP contribution in [-0.2, 0) is 16.1 Å². The SMILES string of the molecule is CCOCc1cnc(SC[C@H](N)C(=O)O)nc1Oc1ccc2c(ccc3sc4c(c32)NC[C@@H](CC)NC4=O)n1. The highest BCUT2D eigenvalue weighted by Crippen LogP contribution is 2.41. The van der Waals surface area contributed by atoms with Gasteiger partial charge in [0, 0.05) is 52.7 Å². The maximum absolute atomic E-state index is 12.9. The van der Waals surface area contributed by atoms with Gasteiger partial charge in [-0.25, -0.2) is 9.97 Å². The van der Waals surface area contributed by atoms with Crippen molar-refractivity contribution in [2.45, 2.75) is 44.1 Å². The molecule has 1 amide bonds. The Bertz CT molecular complexity index is 1540. The summed E-state index contributed by atoms with van der Waals surface area (Å²) >= 11 is 2.59. The summed E-state index contributed by atoms with van der Waals surface area (Å²) in [7, 11) is 0. The molecule has 0 aliphatic carbocycles. The van der Waals surface area contributed by atoms with Crippen LogP contribution in [-0.4, -0.2) is 62.9 Å². The van der Waals surface area contributed by atoms with Gasteiger partial charge in [0.05, 0.1) is 23.4 Å². The molecule has 4 heterocycles. The van der Waals surface area contributed by atoms with Crippen LogP contribution in [0.25, 0.3) is 21.0 Å². The van der Waals surface area contributed by atoms with Gasteiger partial charge in [0.25, 0.3) is 5.91 Å². The van der Waals surface area contributed by atoms with Gasteiger partial charge >= 0.3 is 5.97 Å². The fourth-order valence-electron chi connectivity index (χ4n) is 4.12. The van der Waals surface area contributed by atoms with Crippen molar-refractivity contribution >= 4 is 61.7 Å². The number of ether oxygens (including phenoxy) is 2. The summed E-state index contributed by atoms with van der Waals surface area (Å²) in [6.07, 6.45) is 2.44. The van der Waals surface area contributed by atoms with Crippen LogP contribution in [0.5, 0.6) is 11.8 Å². The fraction of sp³-hybridized carbons (Fsp3) is 0.346. The zero-order valence-electron chi connectivity index (χ0n) is 21.4. The Kier molecular flexibility index (Phi) is 8.12. The molecule has 0 fully saturated rings. The van der Waals surface area contributed by atoms with E-state index in [9.17, 15) is 9.59 Å². The molecule has 3 aromatic heterocycles. The van der Waals surface area contributed by atoms with E-state index in [1.54, 1.807) is 12.3 Å². The second-order valence-electron chi connectivity index (χ2n) is 8.90. The molecule has 5 rings (SSSR count). The van der Waals surface area contributed by atoms with Gasteiger partial charge in [-0.05, 0) is 31.5 Å². The third-order valence-corrected chi connectivity index (χ3v) is 8.37. The summed E-state index contributed by atoms with van der Waals surface area (Å²) in [5, 5.41) is 17.8. The molecule has 2 atom stereocenters. The Balaban J connectivity index is 1.47. The zero-order chi connectivity index (χ0) is 27.5. The average molecular weight is 569 g/mol. The molecule has 4 aromatic rings. The number of carbonyl (C=O) groups is 2. The highest BCUT2D eigenvalue weighted by Gasteiger charge is 2.26. The Morgan fingerprint density at radius 2 is 2.13 bits per heavy atom. The third kappa shape index (κ3) is 5.76. The molecule has 0 unspecified atom stereocenters. The molecule has 1 aliphatic heterocycles. The summed E-state index contributed by atoms with van der Waals surface area (Å²) in [4.78, 5) is 38.1. The molecule has 0 bridgehead atoms. The van der Waals surface area contributed by atoms with Crippen LogP contribution in [0.2, 0.25) is 0 Å². The van der Waals surface area contributed by atoms with Gasteiger partial charge in [0.2, 0.25) is 11.8 Å². The average Bonchev–Trinajstić information content (AvgIpc) is 3.24. The van der Waals surface area contributed by atoms with Crippen LogP contribution in [0.1, 0.15) is 35.5 Å². The van der Waals surface area contributed by atoms with Gasteiger partial charge in [-0.2, -0.15) is 4.98 Å². The van der Waals surface area contributed by atoms with Crippen molar-refractivity contribution in [1.82, 2.24) is 20.3 Å². The first-order valence-corrected chi connectivity index (χ1v) is 14.3. The van der Waals surface area contributed by atoms with E-state index in [1.807, 2.05) is 25.1 Å². The number of pyridine rings is 1. The number of aliphatic carboxylic acids is 1. The Morgan fingerprint density at radius 3 is 2.90 bits per heavy atom. The number of fused-ring (bicyclic) bond motifs is 5. The quantitative estimate of drug-likeness (QED) is 0.162. The maximum Gasteiger partial charge on any atom is 0.321 e. The minimum Gasteiger partial charge on any atom is -0.480 e. The molecule has 1 aromatic carbocycles. The van der Waals surface area contributed by atoms with E-state index in [0.29, 0.717) is 40.1 Å². The van der Waals surface area contributed by atoms with Crippen LogP contribution in [0, 0.1) is 0 Å². The minimum absolute atomic E-state index is 0.0623. The van der Waals surface area contributed by atoms with Crippen molar-refractivity contribution in [2.24, 2.45) is 5.73 Å². The predicted molar refractivity (Wildman–Crippen MR) is 151 cm³/mol. The van der Waals surface area contributed by atoms with Crippen molar-refractivity contribution in [3.05, 3.63) is 40.9 Å². The van der Waals surface area contributed by atoms with Crippen molar-refractivity contribution in [1.29, 1.82) is 0 Å². The van der Waals surface area contributed by atoms with E-state index < -0.39 is 12.0 Å². The Hall–Kier alpha value is -3.52. The van der Waals surface area contributed by atoms with Crippen LogP contribution < -0.4 is 21.1 Å². The molecule has 0 saturated carbocycles. The third-order valence-electron chi connectivity index (χ3n) is 6.23. The summed E-state index contributed by atoms with van der Waals surface area (Å²) in [5.41, 5.74) is 7.79. The van der Waals surface area contributed by atoms with Gasteiger partial charge in [-0.1, -0.05) is 18.7 Å². The number of nitrogens with one attached hydrogen (secondary N) is 2. The molecule has 0 spiro atoms. The van der Waals surface area contributed by atoms with Crippen molar-refractivity contribution < 1.29 is 24.2 Å². The van der Waals surface area contributed by atoms with Crippen LogP contribution in [0.3, 0.4) is 0 Å². The number of thioether (sulfide) groups is 1. The number of rotatable bonds is 10. The second-order valence-corrected chi connectivity index (χ2v) is 10.9. The number of nitrogens with zero attached hydrogens (tertiary/aromatic N) is 3. The number of benzene rings is 1. The molecule has 204 valence electrons. The number of carboxylic acids is 1. The summed E-state index contributed by atoms with van der Waals surface area (Å²) in [5.74, 6) is -0.446. The lowest BCUT2D eigenvalue weighted by Crippen LogP contribution is -2.36. The molecular formula is C26H28N6O5S2. The van der Waals surface area contributed by atoms with Crippen LogP contribution >= 0.6 is 23.1 Å². The molecule has 11 nitrogen and oxygen atoms in total. The summed E-state index contributed by atoms with van der Waals surface area (Å²) in [6, 6.07) is 6.60. The van der Waals surface area contributed by atoms with Gasteiger partial charge in [-0.15, -0.1) is 11.3 Å². The number of anilines is 1. The monoisotopic (exact) mass is 568 g/mol. The second kappa shape index (κ2) is 11.7. The van der Waals surface area contributed by atoms with Crippen molar-refractivity contribution in [3.63, 3.8) is 0 Å². The number of amides is 1. The summed E-state index contributed by atoms with van der Waals surface area (Å²) < 4.78 is 12.6. The van der Waals surface area contributed by atoms with E-state index in [4.69, 9.17) is 25.3 Å². The van der Waals surface area contributed by atoms with Gasteiger partial charge in [0.15, 0.2) is 5.16 Å². The van der Waals surface area contributed by atoms with Gasteiger partial charge in [0.1, 0.15) is 10.9 Å². The molecule has 39 heavy (non-hydrogen) atoms. The Morgan fingerprint density at radius 1 is 1.28 bits per heavy atom. The molecule has 1 aliphatic rings. The first-order chi connectivity index (χ1) is 18.9. The number of hydrogen-bond donors (Lipinski definition) is 4. The zero-order valence-corrected chi connectivity index (χ0v) is 23.0. The van der Waals surface area contributed by atoms with Crippen LogP contribution in [0.15, 0.2) is 35.6 Å². The van der Waals surface area contributed by atoms with E-state index in [1.165, 1.54) is 11.3 Å². The van der Waals surface area contributed by atoms with Gasteiger partial charge < -0.3 is 30.9 Å². The van der Waals surface area contributed by atoms with E-state index in [2.05, 4.69) is 27.5 Å². The standard InChI is InChI=1S/C26H28N6O5S2/c1-3-14-10-28-21-20-15-5-8-19(31-17(15)6-7-18(20)39-22(21)23(33)30-14)37-24-13(11-36-4-2)9-29-26(32-24)38-12-16(27)25(34)35/h5-9,14,16,28H,3-4,10-12,27H2,1-2H3,(H,30,33)(H,34,35)/t14-,16+/m1/s1. The normalized spacial score (nSPS) is 15.9. The number of carboxylic acid groups (broad SMARTS) is 1. The van der Waals surface area contributed by atoms with E-state index in [-0.39, 0.29) is 30.2 Å². The number of carbonyl (C=O) groups excluding carboxylic acids is 1. The minimum atomic E-state index is -1.09. The summed E-state index contributed by atoms with van der Waals surface area (Å²) in [6.45, 7) is 5.34. The number of thiophene rings is 1. The highest BCUT2D eigenvalue weighted by molar-refractivity contribution is 7.99. The largest absolute Gasteiger partial charge is 0.480 e. The highest BCUT2D eigenvalue weighted by atomic mass is 32.2. The molecular weight excluding hydrogens is 540 g/mol. The number of nitrogens with two attached hydrogens (primary N) is 1. The number of hydrogen-bond acceptors (Lipinski definition) is 11. The predicted octanol–water partition coefficient (Wildman–Crippen LogP) is 4.01. The lowest BCUT2D eigenvalue weighted by atomic mass is 10.1. The Labute approximate surface area is 232 Å². The molecule has 13 heteroatoms. The number of aromatic nitrogens is 3. The molecule has 5 N–H and O–H groups in total. The lowest BCUT2D eigenvalue weighted by molar-refractivity contribution is -0.137. The van der Waals surface area contributed by atoms with Crippen LogP contribution in [0.4, 0.5) is 5.69 Å². The van der Waals surface area contributed by atoms with E-state index in [0.717, 1.165) is 39.3 Å². The smallest absolute Gasteiger partial charge is 0.321 e. The maximum atomic E-state index is 12.9. The lowest BCUT2D eigenvalue weighted by Gasteiger charge is -2.13. The fourth-order valence-corrected chi connectivity index (χ4v) is 5.97. The molecule has 0 radical (unpaired) electrons. The molecule has 0 saturated heterocycles. The van der Waals surface area contributed by atoms with Crippen molar-refractivity contribution in [3.8, 4) is 11.8 Å². The first kappa shape index (κ1) is 27.1. The first-order valence-electron chi connectivity index (χ1n) is 12.5. The topological polar surface area (TPSA) is 162 Å². The van der Waals surface area contributed by atoms with Crippen molar-refractivity contribution in [2.75, 3.05) is 24.2 Å².